The van der Waals surface area contributed by atoms with Crippen LogP contribution in [0.15, 0.2) is 64.2 Å². The van der Waals surface area contributed by atoms with Crippen molar-refractivity contribution in [2.24, 2.45) is 0 Å². The van der Waals surface area contributed by atoms with Crippen LogP contribution in [0.5, 0.6) is 0 Å². The fourth-order valence-corrected chi connectivity index (χ4v) is 4.72. The maximum Gasteiger partial charge on any atom is 0.258 e. The number of para-hydroxylation sites is 2. The molecule has 1 aromatic heterocycles. The third-order valence-electron chi connectivity index (χ3n) is 4.48. The van der Waals surface area contributed by atoms with Crippen molar-refractivity contribution in [3.8, 4) is 5.69 Å². The van der Waals surface area contributed by atoms with Gasteiger partial charge in [0, 0.05) is 19.3 Å². The van der Waals surface area contributed by atoms with Crippen LogP contribution in [0.2, 0.25) is 0 Å². The highest BCUT2D eigenvalue weighted by atomic mass is 79.9. The van der Waals surface area contributed by atoms with Crippen LogP contribution in [0.1, 0.15) is 24.2 Å². The molecule has 0 aliphatic heterocycles. The second-order valence-electron chi connectivity index (χ2n) is 6.31. The first-order valence-corrected chi connectivity index (χ1v) is 11.4. The molecule has 0 aliphatic rings. The lowest BCUT2D eigenvalue weighted by Gasteiger charge is -2.19. The minimum absolute atomic E-state index is 0.137. The summed E-state index contributed by atoms with van der Waals surface area (Å²) in [7, 11) is -3.83. The molecule has 0 bridgehead atoms. The van der Waals surface area contributed by atoms with Crippen molar-refractivity contribution in [3.63, 3.8) is 0 Å². The number of aromatic nitrogens is 2. The highest BCUT2D eigenvalue weighted by Crippen LogP contribution is 2.24. The van der Waals surface area contributed by atoms with Crippen LogP contribution >= 0.6 is 15.9 Å². The quantitative estimate of drug-likeness (QED) is 0.536. The molecule has 30 heavy (non-hydrogen) atoms. The second-order valence-corrected chi connectivity index (χ2v) is 9.16. The monoisotopic (exact) mass is 494 g/mol. The number of nitrogens with one attached hydrogen (secondary N) is 1. The van der Waals surface area contributed by atoms with Gasteiger partial charge in [-0.05, 0) is 46.3 Å². The summed E-state index contributed by atoms with van der Waals surface area (Å²) >= 11 is 3.32. The molecule has 10 heteroatoms. The summed E-state index contributed by atoms with van der Waals surface area (Å²) in [5.74, 6) is -1.58. The van der Waals surface area contributed by atoms with E-state index in [0.29, 0.717) is 11.4 Å². The van der Waals surface area contributed by atoms with Crippen molar-refractivity contribution < 1.29 is 17.6 Å². The van der Waals surface area contributed by atoms with Crippen molar-refractivity contribution in [3.05, 3.63) is 70.7 Å². The van der Waals surface area contributed by atoms with Gasteiger partial charge in [-0.15, -0.1) is 0 Å². The van der Waals surface area contributed by atoms with Crippen molar-refractivity contribution in [2.75, 3.05) is 18.4 Å². The van der Waals surface area contributed by atoms with E-state index < -0.39 is 21.7 Å². The summed E-state index contributed by atoms with van der Waals surface area (Å²) in [5.41, 5.74) is 0.609. The Morgan fingerprint density at radius 3 is 2.53 bits per heavy atom. The molecule has 0 radical (unpaired) electrons. The van der Waals surface area contributed by atoms with Crippen molar-refractivity contribution in [1.82, 2.24) is 14.1 Å². The van der Waals surface area contributed by atoms with Crippen molar-refractivity contribution in [1.29, 1.82) is 0 Å². The zero-order valence-corrected chi connectivity index (χ0v) is 18.7. The SMILES string of the molecule is CCN(CC)S(=O)(=O)c1ccc(F)c(C(=O)Nc2ccccc2-n2cc(Br)cn2)c1. The van der Waals surface area contributed by atoms with Gasteiger partial charge in [-0.1, -0.05) is 26.0 Å². The fraction of sp³-hybridized carbons (Fsp3) is 0.200. The van der Waals surface area contributed by atoms with E-state index in [1.54, 1.807) is 55.2 Å². The molecule has 158 valence electrons. The normalized spacial score (nSPS) is 11.6. The summed E-state index contributed by atoms with van der Waals surface area (Å²) < 4.78 is 43.4. The van der Waals surface area contributed by atoms with Gasteiger partial charge in [-0.25, -0.2) is 17.5 Å². The van der Waals surface area contributed by atoms with Gasteiger partial charge in [0.2, 0.25) is 10.0 Å². The van der Waals surface area contributed by atoms with Gasteiger partial charge in [-0.2, -0.15) is 9.40 Å². The van der Waals surface area contributed by atoms with Crippen molar-refractivity contribution >= 4 is 37.5 Å². The Balaban J connectivity index is 1.96. The Kier molecular flexibility index (Phi) is 6.69. The minimum atomic E-state index is -3.83. The predicted octanol–water partition coefficient (Wildman–Crippen LogP) is 4.06. The molecule has 3 aromatic rings. The van der Waals surface area contributed by atoms with Crippen LogP contribution in [0.4, 0.5) is 10.1 Å². The molecule has 3 rings (SSSR count). The molecule has 0 fully saturated rings. The van der Waals surface area contributed by atoms with E-state index in [-0.39, 0.29) is 23.5 Å². The van der Waals surface area contributed by atoms with E-state index in [1.807, 2.05) is 0 Å². The van der Waals surface area contributed by atoms with Crippen LogP contribution in [0.3, 0.4) is 0 Å². The first kappa shape index (κ1) is 22.1. The Labute approximate surface area is 182 Å². The van der Waals surface area contributed by atoms with E-state index in [0.717, 1.165) is 22.7 Å². The van der Waals surface area contributed by atoms with Crippen LogP contribution in [-0.4, -0.2) is 41.5 Å². The van der Waals surface area contributed by atoms with E-state index in [4.69, 9.17) is 0 Å². The smallest absolute Gasteiger partial charge is 0.258 e. The summed E-state index contributed by atoms with van der Waals surface area (Å²) in [6.07, 6.45) is 3.31. The van der Waals surface area contributed by atoms with E-state index in [9.17, 15) is 17.6 Å². The first-order valence-electron chi connectivity index (χ1n) is 9.18. The topological polar surface area (TPSA) is 84.3 Å². The van der Waals surface area contributed by atoms with Crippen LogP contribution in [-0.2, 0) is 10.0 Å². The summed E-state index contributed by atoms with van der Waals surface area (Å²) in [5, 5.41) is 6.84. The minimum Gasteiger partial charge on any atom is -0.320 e. The number of halogens is 2. The van der Waals surface area contributed by atoms with Gasteiger partial charge in [0.15, 0.2) is 0 Å². The molecule has 0 atom stereocenters. The third kappa shape index (κ3) is 4.45. The molecule has 0 spiro atoms. The summed E-state index contributed by atoms with van der Waals surface area (Å²) in [4.78, 5) is 12.7. The second kappa shape index (κ2) is 9.07. The van der Waals surface area contributed by atoms with E-state index in [2.05, 4.69) is 26.3 Å². The molecule has 0 unspecified atom stereocenters. The van der Waals surface area contributed by atoms with Crippen LogP contribution < -0.4 is 5.32 Å². The number of benzene rings is 2. The number of hydrogen-bond acceptors (Lipinski definition) is 4. The third-order valence-corrected chi connectivity index (χ3v) is 6.93. The Bertz CT molecular complexity index is 1180. The molecule has 1 heterocycles. The van der Waals surface area contributed by atoms with Gasteiger partial charge in [-0.3, -0.25) is 4.79 Å². The molecular formula is C20H20BrFN4O3S. The van der Waals surface area contributed by atoms with Gasteiger partial charge in [0.05, 0.1) is 32.5 Å². The number of nitrogens with zero attached hydrogens (tertiary/aromatic N) is 3. The average Bonchev–Trinajstić information content (AvgIpc) is 3.15. The fourth-order valence-electron chi connectivity index (χ4n) is 2.95. The number of sulfonamides is 1. The number of anilines is 1. The first-order chi connectivity index (χ1) is 14.3. The molecule has 2 aromatic carbocycles. The van der Waals surface area contributed by atoms with Crippen LogP contribution in [0, 0.1) is 5.82 Å². The summed E-state index contributed by atoms with van der Waals surface area (Å²) in [6.45, 7) is 3.96. The van der Waals surface area contributed by atoms with Gasteiger partial charge < -0.3 is 5.32 Å². The molecule has 1 N–H and O–H groups in total. The molecule has 0 aliphatic carbocycles. The largest absolute Gasteiger partial charge is 0.320 e. The predicted molar refractivity (Wildman–Crippen MR) is 116 cm³/mol. The average molecular weight is 495 g/mol. The maximum atomic E-state index is 14.4. The highest BCUT2D eigenvalue weighted by Gasteiger charge is 2.24. The van der Waals surface area contributed by atoms with Gasteiger partial charge in [0.1, 0.15) is 5.82 Å². The molecular weight excluding hydrogens is 475 g/mol. The molecule has 7 nitrogen and oxygen atoms in total. The number of amides is 1. The van der Waals surface area contributed by atoms with Crippen molar-refractivity contribution in [2.45, 2.75) is 18.7 Å². The molecule has 0 saturated carbocycles. The lowest BCUT2D eigenvalue weighted by Crippen LogP contribution is -2.31. The summed E-state index contributed by atoms with van der Waals surface area (Å²) in [6, 6.07) is 10.1. The number of carbonyl (C=O) groups is 1. The maximum absolute atomic E-state index is 14.4. The van der Waals surface area contributed by atoms with Gasteiger partial charge >= 0.3 is 0 Å². The molecule has 0 saturated heterocycles. The van der Waals surface area contributed by atoms with E-state index in [1.165, 1.54) is 4.31 Å². The highest BCUT2D eigenvalue weighted by molar-refractivity contribution is 9.10. The van der Waals surface area contributed by atoms with Crippen LogP contribution in [0.25, 0.3) is 5.69 Å². The lowest BCUT2D eigenvalue weighted by molar-refractivity contribution is 0.102. The number of carbonyl (C=O) groups excluding carboxylic acids is 1. The van der Waals surface area contributed by atoms with E-state index >= 15 is 0 Å². The lowest BCUT2D eigenvalue weighted by atomic mass is 10.2. The number of rotatable bonds is 7. The number of hydrogen-bond donors (Lipinski definition) is 1. The molecule has 1 amide bonds. The zero-order chi connectivity index (χ0) is 21.9. The zero-order valence-electron chi connectivity index (χ0n) is 16.3. The standard InChI is InChI=1S/C20H20BrFN4O3S/c1-3-25(4-2)30(28,29)15-9-10-17(22)16(11-15)20(27)24-18-7-5-6-8-19(18)26-13-14(21)12-23-26/h5-13H,3-4H2,1-2H3,(H,24,27). The Morgan fingerprint density at radius 1 is 1.20 bits per heavy atom. The Morgan fingerprint density at radius 2 is 1.90 bits per heavy atom. The van der Waals surface area contributed by atoms with Gasteiger partial charge in [0.25, 0.3) is 5.91 Å². The Hall–Kier alpha value is -2.56.